The van der Waals surface area contributed by atoms with Gasteiger partial charge in [0.15, 0.2) is 3.95 Å². The van der Waals surface area contributed by atoms with E-state index >= 15 is 0 Å². The fraction of sp³-hybridized carbons (Fsp3) is 0.571. The molecule has 1 heterocycles. The van der Waals surface area contributed by atoms with Gasteiger partial charge in [0.05, 0.1) is 0 Å². The van der Waals surface area contributed by atoms with Crippen molar-refractivity contribution < 1.29 is 14.3 Å². The molecular formula is C14H22N4O3S2. The molecule has 0 aliphatic rings. The van der Waals surface area contributed by atoms with Crippen LogP contribution in [0.3, 0.4) is 0 Å². The number of ether oxygens (including phenoxy) is 1. The van der Waals surface area contributed by atoms with Gasteiger partial charge in [-0.15, -0.1) is 11.7 Å². The Labute approximate surface area is 144 Å². The number of aromatic amines is 1. The Hall–Kier alpha value is -1.74. The van der Waals surface area contributed by atoms with Gasteiger partial charge in [0.1, 0.15) is 11.6 Å². The van der Waals surface area contributed by atoms with Crippen molar-refractivity contribution >= 4 is 40.7 Å². The van der Waals surface area contributed by atoms with Crippen LogP contribution in [-0.4, -0.2) is 33.8 Å². The fourth-order valence-electron chi connectivity index (χ4n) is 1.59. The average molecular weight is 358 g/mol. The van der Waals surface area contributed by atoms with Crippen molar-refractivity contribution in [1.82, 2.24) is 15.5 Å². The Balaban J connectivity index is 2.92. The zero-order valence-electron chi connectivity index (χ0n) is 13.9. The number of nitrogens with zero attached hydrogens (tertiary/aromatic N) is 1. The highest BCUT2D eigenvalue weighted by molar-refractivity contribution is 7.73. The molecule has 1 unspecified atom stereocenters. The second-order valence-electron chi connectivity index (χ2n) is 6.51. The van der Waals surface area contributed by atoms with Gasteiger partial charge in [0.2, 0.25) is 11.0 Å². The van der Waals surface area contributed by atoms with Crippen LogP contribution in [0.2, 0.25) is 0 Å². The van der Waals surface area contributed by atoms with Crippen LogP contribution < -0.4 is 10.6 Å². The van der Waals surface area contributed by atoms with E-state index in [4.69, 9.17) is 17.0 Å². The third-order valence-electron chi connectivity index (χ3n) is 2.86. The van der Waals surface area contributed by atoms with Gasteiger partial charge in [-0.05, 0) is 33.0 Å². The number of carbonyl (C=O) groups excluding carboxylic acids is 2. The highest BCUT2D eigenvalue weighted by Crippen LogP contribution is 2.24. The van der Waals surface area contributed by atoms with Gasteiger partial charge in [0, 0.05) is 5.41 Å². The van der Waals surface area contributed by atoms with E-state index in [0.717, 1.165) is 11.3 Å². The minimum Gasteiger partial charge on any atom is -0.444 e. The van der Waals surface area contributed by atoms with Gasteiger partial charge < -0.3 is 10.1 Å². The van der Waals surface area contributed by atoms with Gasteiger partial charge in [-0.3, -0.25) is 15.2 Å². The first-order valence-electron chi connectivity index (χ1n) is 6.94. The summed E-state index contributed by atoms with van der Waals surface area (Å²) in [5.74, 6) is -0.432. The lowest BCUT2D eigenvalue weighted by Gasteiger charge is -2.31. The summed E-state index contributed by atoms with van der Waals surface area (Å²) in [7, 11) is 0. The molecule has 0 fully saturated rings. The number of hydrogen-bond donors (Lipinski definition) is 3. The van der Waals surface area contributed by atoms with E-state index in [1.165, 1.54) is 0 Å². The minimum atomic E-state index is -0.882. The van der Waals surface area contributed by atoms with Crippen LogP contribution in [0.25, 0.3) is 0 Å². The van der Waals surface area contributed by atoms with Crippen molar-refractivity contribution in [2.45, 2.75) is 46.3 Å². The summed E-state index contributed by atoms with van der Waals surface area (Å²) in [6.45, 7) is 12.5. The summed E-state index contributed by atoms with van der Waals surface area (Å²) in [6, 6.07) is -0.882. The monoisotopic (exact) mass is 358 g/mol. The Morgan fingerprint density at radius 3 is 2.43 bits per heavy atom. The zero-order valence-corrected chi connectivity index (χ0v) is 15.5. The van der Waals surface area contributed by atoms with Crippen molar-refractivity contribution in [2.24, 2.45) is 5.41 Å². The van der Waals surface area contributed by atoms with Gasteiger partial charge in [-0.1, -0.05) is 31.3 Å². The topological polar surface area (TPSA) is 96.1 Å². The second kappa shape index (κ2) is 7.22. The fourth-order valence-corrected chi connectivity index (χ4v) is 2.39. The molecule has 1 aromatic heterocycles. The van der Waals surface area contributed by atoms with Gasteiger partial charge >= 0.3 is 6.09 Å². The van der Waals surface area contributed by atoms with Crippen LogP contribution in [0.15, 0.2) is 12.7 Å². The number of carbonyl (C=O) groups is 2. The normalized spacial score (nSPS) is 13.1. The highest BCUT2D eigenvalue weighted by atomic mass is 32.1. The minimum absolute atomic E-state index is 0.329. The lowest BCUT2D eigenvalue weighted by molar-refractivity contribution is -0.120. The lowest BCUT2D eigenvalue weighted by atomic mass is 9.84. The van der Waals surface area contributed by atoms with Crippen LogP contribution >= 0.6 is 23.6 Å². The predicted octanol–water partition coefficient (Wildman–Crippen LogP) is 3.24. The molecule has 0 aliphatic heterocycles. The molecule has 0 aromatic carbocycles. The molecule has 0 saturated carbocycles. The molecule has 9 heteroatoms. The molecule has 0 radical (unpaired) electrons. The number of anilines is 1. The van der Waals surface area contributed by atoms with E-state index < -0.39 is 29.1 Å². The standard InChI is InChI=1S/C14H22N4O3S2/c1-7-14(5,6)8(15-11(20)21-13(2,3)4)9(19)16-10-17-18-12(22)23-10/h7-8H,1H2,2-6H3,(H,15,20)(H,18,22)(H,16,17,19). The summed E-state index contributed by atoms with van der Waals surface area (Å²) >= 11 is 6.05. The van der Waals surface area contributed by atoms with Crippen LogP contribution in [0.1, 0.15) is 34.6 Å². The molecule has 3 N–H and O–H groups in total. The van der Waals surface area contributed by atoms with E-state index in [1.807, 2.05) is 0 Å². The molecule has 1 atom stereocenters. The third-order valence-corrected chi connectivity index (χ3v) is 3.87. The zero-order chi connectivity index (χ0) is 17.8. The SMILES string of the molecule is C=CC(C)(C)C(NC(=O)OC(C)(C)C)C(=O)Nc1n[nH]c(=S)s1. The number of nitrogens with one attached hydrogen (secondary N) is 3. The maximum atomic E-state index is 12.5. The highest BCUT2D eigenvalue weighted by Gasteiger charge is 2.35. The molecule has 0 bridgehead atoms. The first kappa shape index (κ1) is 19.3. The van der Waals surface area contributed by atoms with Crippen molar-refractivity contribution in [3.8, 4) is 0 Å². The Bertz CT molecular complexity index is 643. The lowest BCUT2D eigenvalue weighted by Crippen LogP contribution is -2.52. The number of H-pyrrole nitrogens is 1. The maximum absolute atomic E-state index is 12.5. The predicted molar refractivity (Wildman–Crippen MR) is 93.1 cm³/mol. The van der Waals surface area contributed by atoms with Crippen molar-refractivity contribution in [3.05, 3.63) is 16.6 Å². The molecule has 128 valence electrons. The molecule has 2 amide bonds. The Kier molecular flexibility index (Phi) is 6.06. The van der Waals surface area contributed by atoms with E-state index in [1.54, 1.807) is 40.7 Å². The summed E-state index contributed by atoms with van der Waals surface area (Å²) in [6.07, 6.45) is 0.920. The summed E-state index contributed by atoms with van der Waals surface area (Å²) in [5, 5.41) is 12.0. The number of hydrogen-bond acceptors (Lipinski definition) is 6. The van der Waals surface area contributed by atoms with Crippen LogP contribution in [0.4, 0.5) is 9.93 Å². The molecule has 0 spiro atoms. The third kappa shape index (κ3) is 6.11. The first-order chi connectivity index (χ1) is 10.4. The molecule has 1 rings (SSSR count). The van der Waals surface area contributed by atoms with E-state index in [2.05, 4.69) is 27.4 Å². The Morgan fingerprint density at radius 2 is 2.00 bits per heavy atom. The smallest absolute Gasteiger partial charge is 0.408 e. The van der Waals surface area contributed by atoms with E-state index in [0.29, 0.717) is 9.09 Å². The van der Waals surface area contributed by atoms with Gasteiger partial charge in [-0.2, -0.15) is 0 Å². The van der Waals surface area contributed by atoms with Gasteiger partial charge in [-0.25, -0.2) is 4.79 Å². The average Bonchev–Trinajstić information content (AvgIpc) is 2.79. The summed E-state index contributed by atoms with van der Waals surface area (Å²) in [4.78, 5) is 24.5. The van der Waals surface area contributed by atoms with Crippen LogP contribution in [0.5, 0.6) is 0 Å². The van der Waals surface area contributed by atoms with Crippen molar-refractivity contribution in [2.75, 3.05) is 5.32 Å². The van der Waals surface area contributed by atoms with E-state index in [-0.39, 0.29) is 0 Å². The van der Waals surface area contributed by atoms with Crippen LogP contribution in [0, 0.1) is 9.37 Å². The molecule has 1 aromatic rings. The summed E-state index contributed by atoms with van der Waals surface area (Å²) < 4.78 is 5.66. The molecule has 7 nitrogen and oxygen atoms in total. The number of aromatic nitrogens is 2. The molecule has 0 aliphatic carbocycles. The van der Waals surface area contributed by atoms with Crippen molar-refractivity contribution in [1.29, 1.82) is 0 Å². The number of amides is 2. The number of alkyl carbamates (subject to hydrolysis) is 1. The molecular weight excluding hydrogens is 336 g/mol. The molecule has 0 saturated heterocycles. The van der Waals surface area contributed by atoms with E-state index in [9.17, 15) is 9.59 Å². The first-order valence-corrected chi connectivity index (χ1v) is 8.16. The Morgan fingerprint density at radius 1 is 1.39 bits per heavy atom. The largest absolute Gasteiger partial charge is 0.444 e. The number of rotatable bonds is 5. The quantitative estimate of drug-likeness (QED) is 0.555. The van der Waals surface area contributed by atoms with Crippen LogP contribution in [-0.2, 0) is 9.53 Å². The molecule has 23 heavy (non-hydrogen) atoms. The van der Waals surface area contributed by atoms with Gasteiger partial charge in [0.25, 0.3) is 0 Å². The van der Waals surface area contributed by atoms with Crippen molar-refractivity contribution in [3.63, 3.8) is 0 Å². The summed E-state index contributed by atoms with van der Waals surface area (Å²) in [5.41, 5.74) is -1.36. The second-order valence-corrected chi connectivity index (χ2v) is 8.18. The maximum Gasteiger partial charge on any atom is 0.408 e.